The molecule has 0 fully saturated rings. The molecule has 0 aliphatic heterocycles. The van der Waals surface area contributed by atoms with E-state index in [9.17, 15) is 20.0 Å². The number of phenolic OH excluding ortho intramolecular Hbond substituents is 1. The fraction of sp³-hybridized carbons (Fsp3) is 0.333. The molecule has 122 valence electrons. The normalized spacial score (nSPS) is 10.8. The third-order valence-electron chi connectivity index (χ3n) is 3.41. The van der Waals surface area contributed by atoms with E-state index in [0.717, 1.165) is 17.3 Å². The summed E-state index contributed by atoms with van der Waals surface area (Å²) < 4.78 is 1.20. The number of aryl methyl sites for hydroxylation is 1. The second-order valence-electron chi connectivity index (χ2n) is 5.58. The summed E-state index contributed by atoms with van der Waals surface area (Å²) in [6.07, 6.45) is 2.29. The van der Waals surface area contributed by atoms with Crippen molar-refractivity contribution < 1.29 is 14.8 Å². The fourth-order valence-corrected chi connectivity index (χ4v) is 2.18. The van der Waals surface area contributed by atoms with Crippen LogP contribution in [0.15, 0.2) is 24.5 Å². The van der Waals surface area contributed by atoms with Crippen molar-refractivity contribution in [2.75, 3.05) is 5.32 Å². The van der Waals surface area contributed by atoms with Crippen molar-refractivity contribution in [3.63, 3.8) is 0 Å². The monoisotopic (exact) mass is 318 g/mol. The molecule has 0 aliphatic carbocycles. The van der Waals surface area contributed by atoms with Crippen LogP contribution in [-0.2, 0) is 11.3 Å². The minimum absolute atomic E-state index is 0.111. The summed E-state index contributed by atoms with van der Waals surface area (Å²) in [7, 11) is 0. The maximum atomic E-state index is 12.1. The van der Waals surface area contributed by atoms with Crippen LogP contribution in [-0.4, -0.2) is 25.7 Å². The Balaban J connectivity index is 2.13. The van der Waals surface area contributed by atoms with Crippen molar-refractivity contribution in [2.45, 2.75) is 33.2 Å². The Morgan fingerprint density at radius 2 is 2.17 bits per heavy atom. The van der Waals surface area contributed by atoms with E-state index in [4.69, 9.17) is 0 Å². The Labute approximate surface area is 132 Å². The highest BCUT2D eigenvalue weighted by molar-refractivity contribution is 5.91. The zero-order valence-corrected chi connectivity index (χ0v) is 13.1. The summed E-state index contributed by atoms with van der Waals surface area (Å²) in [4.78, 5) is 22.1. The van der Waals surface area contributed by atoms with Gasteiger partial charge in [-0.2, -0.15) is 5.10 Å². The minimum Gasteiger partial charge on any atom is -0.508 e. The molecule has 1 aromatic heterocycles. The molecule has 2 rings (SSSR count). The first-order chi connectivity index (χ1) is 10.8. The third-order valence-corrected chi connectivity index (χ3v) is 3.41. The molecule has 2 N–H and O–H groups in total. The van der Waals surface area contributed by atoms with Gasteiger partial charge < -0.3 is 10.4 Å². The predicted molar refractivity (Wildman–Crippen MR) is 84.4 cm³/mol. The summed E-state index contributed by atoms with van der Waals surface area (Å²) in [5.74, 6) is -0.0512. The van der Waals surface area contributed by atoms with Crippen LogP contribution in [0.25, 0.3) is 0 Å². The lowest BCUT2D eigenvalue weighted by molar-refractivity contribution is -0.385. The molecular formula is C15H18N4O4. The number of carbonyl (C=O) groups excluding carboxylic acids is 1. The van der Waals surface area contributed by atoms with Crippen molar-refractivity contribution in [3.8, 4) is 5.75 Å². The highest BCUT2D eigenvalue weighted by atomic mass is 16.6. The summed E-state index contributed by atoms with van der Waals surface area (Å²) in [6, 6.07) is 3.34. The van der Waals surface area contributed by atoms with Gasteiger partial charge >= 0.3 is 5.69 Å². The first-order valence-corrected chi connectivity index (χ1v) is 7.08. The lowest BCUT2D eigenvalue weighted by Gasteiger charge is -2.14. The standard InChI is InChI=1S/C15H18N4O4/c1-9(2)12-5-13(10(3)4-14(12)20)17-15(21)8-18-7-11(6-16-18)19(22)23/h4-7,9,20H,8H2,1-3H3,(H,17,21). The van der Waals surface area contributed by atoms with Crippen molar-refractivity contribution in [1.82, 2.24) is 9.78 Å². The van der Waals surface area contributed by atoms with E-state index >= 15 is 0 Å². The number of carbonyl (C=O) groups is 1. The maximum absolute atomic E-state index is 12.1. The van der Waals surface area contributed by atoms with Gasteiger partial charge in [0.15, 0.2) is 0 Å². The lowest BCUT2D eigenvalue weighted by atomic mass is 9.99. The molecule has 0 bridgehead atoms. The molecule has 0 spiro atoms. The Hall–Kier alpha value is -2.90. The predicted octanol–water partition coefficient (Wildman–Crippen LogP) is 2.57. The van der Waals surface area contributed by atoms with Gasteiger partial charge in [-0.1, -0.05) is 13.8 Å². The molecular weight excluding hydrogens is 300 g/mol. The second kappa shape index (κ2) is 6.47. The molecule has 0 atom stereocenters. The average Bonchev–Trinajstić information content (AvgIpc) is 2.90. The number of aromatic nitrogens is 2. The van der Waals surface area contributed by atoms with Gasteiger partial charge in [0.25, 0.3) is 0 Å². The maximum Gasteiger partial charge on any atom is 0.307 e. The van der Waals surface area contributed by atoms with Crippen LogP contribution in [0.2, 0.25) is 0 Å². The van der Waals surface area contributed by atoms with Crippen LogP contribution in [0.4, 0.5) is 11.4 Å². The van der Waals surface area contributed by atoms with Gasteiger partial charge in [-0.05, 0) is 36.1 Å². The Kier molecular flexibility index (Phi) is 4.63. The topological polar surface area (TPSA) is 110 Å². The van der Waals surface area contributed by atoms with Crippen LogP contribution in [0.1, 0.15) is 30.9 Å². The minimum atomic E-state index is -0.569. The molecule has 1 aromatic carbocycles. The number of aromatic hydroxyl groups is 1. The summed E-state index contributed by atoms with van der Waals surface area (Å²) in [6.45, 7) is 5.53. The van der Waals surface area contributed by atoms with E-state index in [0.29, 0.717) is 5.69 Å². The Morgan fingerprint density at radius 3 is 2.74 bits per heavy atom. The molecule has 0 aliphatic rings. The molecule has 0 saturated heterocycles. The smallest absolute Gasteiger partial charge is 0.307 e. The SMILES string of the molecule is Cc1cc(O)c(C(C)C)cc1NC(=O)Cn1cc([N+](=O)[O-])cn1. The van der Waals surface area contributed by atoms with E-state index in [-0.39, 0.29) is 29.8 Å². The Bertz CT molecular complexity index is 752. The zero-order chi connectivity index (χ0) is 17.1. The molecule has 23 heavy (non-hydrogen) atoms. The van der Waals surface area contributed by atoms with Gasteiger partial charge in [0.05, 0.1) is 4.92 Å². The first-order valence-electron chi connectivity index (χ1n) is 7.08. The quantitative estimate of drug-likeness (QED) is 0.500. The molecule has 1 amide bonds. The van der Waals surface area contributed by atoms with E-state index in [1.165, 1.54) is 10.9 Å². The highest BCUT2D eigenvalue weighted by Gasteiger charge is 2.14. The van der Waals surface area contributed by atoms with Gasteiger partial charge in [0.2, 0.25) is 5.91 Å². The average molecular weight is 318 g/mol. The number of hydrogen-bond acceptors (Lipinski definition) is 5. The molecule has 8 heteroatoms. The highest BCUT2D eigenvalue weighted by Crippen LogP contribution is 2.31. The molecule has 8 nitrogen and oxygen atoms in total. The van der Waals surface area contributed by atoms with Gasteiger partial charge in [0.1, 0.15) is 24.7 Å². The molecule has 0 unspecified atom stereocenters. The van der Waals surface area contributed by atoms with Crippen LogP contribution >= 0.6 is 0 Å². The van der Waals surface area contributed by atoms with Crippen molar-refractivity contribution in [3.05, 3.63) is 45.8 Å². The number of anilines is 1. The number of nitrogens with zero attached hydrogens (tertiary/aromatic N) is 3. The van der Waals surface area contributed by atoms with Crippen molar-refractivity contribution in [2.24, 2.45) is 0 Å². The number of nitro groups is 1. The molecule has 2 aromatic rings. The number of benzene rings is 1. The molecule has 1 heterocycles. The van der Waals surface area contributed by atoms with Gasteiger partial charge in [-0.3, -0.25) is 19.6 Å². The van der Waals surface area contributed by atoms with Crippen molar-refractivity contribution >= 4 is 17.3 Å². The number of rotatable bonds is 5. The van der Waals surface area contributed by atoms with Gasteiger partial charge in [-0.25, -0.2) is 0 Å². The number of amides is 1. The first kappa shape index (κ1) is 16.5. The van der Waals surface area contributed by atoms with Crippen LogP contribution in [0.5, 0.6) is 5.75 Å². The molecule has 0 saturated carbocycles. The summed E-state index contributed by atoms with van der Waals surface area (Å²) in [5.41, 5.74) is 1.89. The Morgan fingerprint density at radius 1 is 1.48 bits per heavy atom. The summed E-state index contributed by atoms with van der Waals surface area (Å²) >= 11 is 0. The van der Waals surface area contributed by atoms with Crippen molar-refractivity contribution in [1.29, 1.82) is 0 Å². The van der Waals surface area contributed by atoms with Gasteiger partial charge in [-0.15, -0.1) is 0 Å². The fourth-order valence-electron chi connectivity index (χ4n) is 2.18. The number of phenols is 1. The van der Waals surface area contributed by atoms with E-state index < -0.39 is 4.92 Å². The second-order valence-corrected chi connectivity index (χ2v) is 5.58. The zero-order valence-electron chi connectivity index (χ0n) is 13.1. The van der Waals surface area contributed by atoms with Crippen LogP contribution < -0.4 is 5.32 Å². The largest absolute Gasteiger partial charge is 0.508 e. The molecule has 0 radical (unpaired) electrons. The summed E-state index contributed by atoms with van der Waals surface area (Å²) in [5, 5.41) is 27.0. The number of nitrogens with one attached hydrogen (secondary N) is 1. The van der Waals surface area contributed by atoms with Crippen LogP contribution in [0.3, 0.4) is 0 Å². The van der Waals surface area contributed by atoms with E-state index in [2.05, 4.69) is 10.4 Å². The third kappa shape index (κ3) is 3.85. The van der Waals surface area contributed by atoms with Crippen LogP contribution in [0, 0.1) is 17.0 Å². The lowest BCUT2D eigenvalue weighted by Crippen LogP contribution is -2.19. The number of hydrogen-bond donors (Lipinski definition) is 2. The van der Waals surface area contributed by atoms with E-state index in [1.54, 1.807) is 19.1 Å². The van der Waals surface area contributed by atoms with Gasteiger partial charge in [0, 0.05) is 5.69 Å². The van der Waals surface area contributed by atoms with E-state index in [1.807, 2.05) is 13.8 Å².